The molecule has 5 nitrogen and oxygen atoms in total. The van der Waals surface area contributed by atoms with Crippen molar-refractivity contribution >= 4 is 11.9 Å². The molecule has 0 aliphatic carbocycles. The highest BCUT2D eigenvalue weighted by molar-refractivity contribution is 5.88. The predicted octanol–water partition coefficient (Wildman–Crippen LogP) is 9.70. The van der Waals surface area contributed by atoms with Gasteiger partial charge in [-0.1, -0.05) is 48.5 Å². The van der Waals surface area contributed by atoms with Crippen molar-refractivity contribution in [3.8, 4) is 11.5 Å². The van der Waals surface area contributed by atoms with Crippen LogP contribution in [0.2, 0.25) is 0 Å². The van der Waals surface area contributed by atoms with Gasteiger partial charge in [0.2, 0.25) is 10.8 Å². The van der Waals surface area contributed by atoms with Crippen LogP contribution in [0.25, 0.3) is 0 Å². The van der Waals surface area contributed by atoms with Crippen LogP contribution in [0.1, 0.15) is 43.0 Å². The van der Waals surface area contributed by atoms with Crippen molar-refractivity contribution in [3.05, 3.63) is 130 Å². The van der Waals surface area contributed by atoms with E-state index < -0.39 is 92.4 Å². The summed E-state index contributed by atoms with van der Waals surface area (Å²) in [4.78, 5) is 22.2. The topological polar surface area (TPSA) is 83.8 Å². The van der Waals surface area contributed by atoms with Crippen molar-refractivity contribution in [2.75, 3.05) is 0 Å². The summed E-state index contributed by atoms with van der Waals surface area (Å²) in [5.41, 5.74) is -15.9. The fourth-order valence-corrected chi connectivity index (χ4v) is 5.37. The summed E-state index contributed by atoms with van der Waals surface area (Å²) in [6, 6.07) is 7.88. The van der Waals surface area contributed by atoms with Gasteiger partial charge < -0.3 is 14.9 Å². The van der Waals surface area contributed by atoms with Gasteiger partial charge in [-0.25, -0.2) is 9.59 Å². The molecule has 49 heavy (non-hydrogen) atoms. The zero-order valence-corrected chi connectivity index (χ0v) is 23.9. The molecule has 0 spiro atoms. The SMILES string of the molecule is O=C(O)c1ccc(C(c2ccc(Oc3ccc(C(c4ccc(C(=O)O)cc4)(C(F)(F)F)C(F)(F)F)cc3)cc2)(C(F)(F)F)C(F)(F)F)cc1. The Bertz CT molecular complexity index is 1640. The summed E-state index contributed by atoms with van der Waals surface area (Å²) in [6.45, 7) is 0. The number of carbonyl (C=O) groups is 2. The first-order valence-electron chi connectivity index (χ1n) is 13.3. The molecule has 0 aromatic heterocycles. The van der Waals surface area contributed by atoms with Gasteiger partial charge >= 0.3 is 36.6 Å². The number of alkyl halides is 12. The molecule has 0 unspecified atom stereocenters. The lowest BCUT2D eigenvalue weighted by molar-refractivity contribution is -0.290. The molecule has 0 saturated carbocycles. The van der Waals surface area contributed by atoms with Crippen molar-refractivity contribution in [1.29, 1.82) is 0 Å². The summed E-state index contributed by atoms with van der Waals surface area (Å²) >= 11 is 0. The fourth-order valence-electron chi connectivity index (χ4n) is 5.37. The van der Waals surface area contributed by atoms with Crippen LogP contribution in [0.15, 0.2) is 97.1 Å². The first kappa shape index (κ1) is 36.6. The van der Waals surface area contributed by atoms with Crippen molar-refractivity contribution < 1.29 is 77.2 Å². The van der Waals surface area contributed by atoms with E-state index in [-0.39, 0.29) is 0 Å². The summed E-state index contributed by atoms with van der Waals surface area (Å²) in [5.74, 6) is -4.14. The molecule has 0 amide bonds. The van der Waals surface area contributed by atoms with Gasteiger partial charge in [-0.2, -0.15) is 52.7 Å². The third-order valence-electron chi connectivity index (χ3n) is 7.64. The number of aromatic carboxylic acids is 2. The smallest absolute Gasteiger partial charge is 0.411 e. The number of benzene rings is 4. The van der Waals surface area contributed by atoms with Crippen molar-refractivity contribution in [3.63, 3.8) is 0 Å². The predicted molar refractivity (Wildman–Crippen MR) is 146 cm³/mol. The molecule has 0 aliphatic rings. The van der Waals surface area contributed by atoms with Gasteiger partial charge in [-0.3, -0.25) is 0 Å². The Hall–Kier alpha value is -5.22. The third kappa shape index (κ3) is 6.24. The van der Waals surface area contributed by atoms with Crippen LogP contribution in [-0.4, -0.2) is 46.9 Å². The van der Waals surface area contributed by atoms with Crippen LogP contribution < -0.4 is 4.74 Å². The van der Waals surface area contributed by atoms with E-state index in [1.54, 1.807) is 0 Å². The standard InChI is InChI=1S/C32H18F12O5/c33-29(34,35)27(30(36,37)38,19-5-1-17(2-6-19)25(45)46)21-9-13-23(14-10-21)49-24-15-11-22(12-16-24)28(31(39,40)41,32(42,43)44)20-7-3-18(4-8-20)26(47)48/h1-16H,(H,45,46)(H,47,48). The summed E-state index contributed by atoms with van der Waals surface area (Å²) in [6.07, 6.45) is -24.1. The first-order valence-corrected chi connectivity index (χ1v) is 13.3. The molecule has 0 atom stereocenters. The molecule has 4 aromatic carbocycles. The molecule has 0 bridgehead atoms. The number of halogens is 12. The molecule has 17 heteroatoms. The molecule has 2 N–H and O–H groups in total. The lowest BCUT2D eigenvalue weighted by Crippen LogP contribution is -2.54. The van der Waals surface area contributed by atoms with Gasteiger partial charge in [0.05, 0.1) is 11.1 Å². The van der Waals surface area contributed by atoms with Crippen molar-refractivity contribution in [1.82, 2.24) is 0 Å². The second-order valence-corrected chi connectivity index (χ2v) is 10.4. The van der Waals surface area contributed by atoms with Gasteiger partial charge in [0, 0.05) is 0 Å². The quantitative estimate of drug-likeness (QED) is 0.178. The Morgan fingerprint density at radius 2 is 0.592 bits per heavy atom. The summed E-state index contributed by atoms with van der Waals surface area (Å²) in [5, 5.41) is 18.0. The van der Waals surface area contributed by atoms with Crippen LogP contribution in [0.3, 0.4) is 0 Å². The van der Waals surface area contributed by atoms with E-state index in [0.717, 1.165) is 0 Å². The van der Waals surface area contributed by atoms with Gasteiger partial charge in [0.1, 0.15) is 11.5 Å². The minimum Gasteiger partial charge on any atom is -0.478 e. The second-order valence-electron chi connectivity index (χ2n) is 10.4. The van der Waals surface area contributed by atoms with Gasteiger partial charge in [0.25, 0.3) is 0 Å². The lowest BCUT2D eigenvalue weighted by Gasteiger charge is -2.38. The average Bonchev–Trinajstić information content (AvgIpc) is 2.97. The number of carboxylic acids is 2. The molecule has 0 radical (unpaired) electrons. The highest BCUT2D eigenvalue weighted by Gasteiger charge is 2.73. The minimum absolute atomic E-state index is 0.360. The first-order chi connectivity index (χ1) is 22.5. The zero-order valence-electron chi connectivity index (χ0n) is 23.9. The van der Waals surface area contributed by atoms with E-state index >= 15 is 0 Å². The van der Waals surface area contributed by atoms with Crippen LogP contribution >= 0.6 is 0 Å². The molecule has 4 aromatic rings. The number of hydrogen-bond acceptors (Lipinski definition) is 3. The summed E-state index contributed by atoms with van der Waals surface area (Å²) < 4.78 is 178. The van der Waals surface area contributed by atoms with E-state index in [0.29, 0.717) is 97.1 Å². The molecular weight excluding hydrogens is 692 g/mol. The molecule has 260 valence electrons. The van der Waals surface area contributed by atoms with E-state index in [1.165, 1.54) is 0 Å². The highest BCUT2D eigenvalue weighted by Crippen LogP contribution is 2.58. The van der Waals surface area contributed by atoms with Crippen LogP contribution in [0, 0.1) is 0 Å². The number of hydrogen-bond donors (Lipinski definition) is 2. The van der Waals surface area contributed by atoms with E-state index in [2.05, 4.69) is 0 Å². The maximum Gasteiger partial charge on any atom is 0.411 e. The number of rotatable bonds is 8. The molecule has 0 aliphatic heterocycles. The lowest BCUT2D eigenvalue weighted by atomic mass is 9.72. The Morgan fingerprint density at radius 3 is 0.776 bits per heavy atom. The zero-order chi connectivity index (χ0) is 36.8. The van der Waals surface area contributed by atoms with E-state index in [4.69, 9.17) is 14.9 Å². The minimum atomic E-state index is -6.02. The highest BCUT2D eigenvalue weighted by atomic mass is 19.4. The average molecular weight is 710 g/mol. The molecule has 0 saturated heterocycles. The Labute approximate surface area is 267 Å². The molecule has 4 rings (SSSR count). The maximum absolute atomic E-state index is 14.4. The largest absolute Gasteiger partial charge is 0.478 e. The van der Waals surface area contributed by atoms with Crippen LogP contribution in [-0.2, 0) is 10.8 Å². The normalized spacial score (nSPS) is 13.2. The molecule has 0 fully saturated rings. The number of carboxylic acid groups (broad SMARTS) is 2. The molecular formula is C32H18F12O5. The van der Waals surface area contributed by atoms with Gasteiger partial charge in [0.15, 0.2) is 0 Å². The van der Waals surface area contributed by atoms with Crippen molar-refractivity contribution in [2.45, 2.75) is 35.5 Å². The van der Waals surface area contributed by atoms with Gasteiger partial charge in [-0.05, 0) is 70.8 Å². The molecule has 0 heterocycles. The Kier molecular flexibility index (Phi) is 9.22. The Balaban J connectivity index is 1.74. The van der Waals surface area contributed by atoms with Gasteiger partial charge in [-0.15, -0.1) is 0 Å². The van der Waals surface area contributed by atoms with Crippen molar-refractivity contribution in [2.24, 2.45) is 0 Å². The third-order valence-corrected chi connectivity index (χ3v) is 7.64. The Morgan fingerprint density at radius 1 is 0.388 bits per heavy atom. The maximum atomic E-state index is 14.4. The second kappa shape index (κ2) is 12.3. The van der Waals surface area contributed by atoms with E-state index in [9.17, 15) is 62.3 Å². The number of ether oxygens (including phenoxy) is 1. The van der Waals surface area contributed by atoms with Crippen LogP contribution in [0.4, 0.5) is 52.7 Å². The monoisotopic (exact) mass is 710 g/mol. The fraction of sp³-hybridized carbons (Fsp3) is 0.188. The van der Waals surface area contributed by atoms with Crippen LogP contribution in [0.5, 0.6) is 11.5 Å². The van der Waals surface area contributed by atoms with E-state index in [1.807, 2.05) is 0 Å². The summed E-state index contributed by atoms with van der Waals surface area (Å²) in [7, 11) is 0.